The third kappa shape index (κ3) is 2.74. The maximum absolute atomic E-state index is 12.6. The summed E-state index contributed by atoms with van der Waals surface area (Å²) in [4.78, 5) is 51.0. The molecular formula is C16H15N3O5S. The number of oxazole rings is 1. The van der Waals surface area contributed by atoms with Crippen LogP contribution in [0.3, 0.4) is 0 Å². The molecule has 0 radical (unpaired) electrons. The third-order valence-corrected chi connectivity index (χ3v) is 5.37. The van der Waals surface area contributed by atoms with Crippen LogP contribution in [-0.4, -0.2) is 56.3 Å². The van der Waals surface area contributed by atoms with E-state index in [0.29, 0.717) is 30.6 Å². The van der Waals surface area contributed by atoms with Gasteiger partial charge in [0.2, 0.25) is 11.8 Å². The predicted molar refractivity (Wildman–Crippen MR) is 90.2 cm³/mol. The number of likely N-dealkylation sites (tertiary alicyclic amines) is 1. The topological polar surface area (TPSA) is 92.8 Å². The second-order valence-electron chi connectivity index (χ2n) is 6.02. The summed E-state index contributed by atoms with van der Waals surface area (Å²) in [6, 6.07) is 6.64. The van der Waals surface area contributed by atoms with Gasteiger partial charge in [-0.25, -0.2) is 4.79 Å². The maximum Gasteiger partial charge on any atom is 0.420 e. The molecule has 0 spiro atoms. The van der Waals surface area contributed by atoms with Crippen molar-refractivity contribution in [3.05, 3.63) is 34.8 Å². The number of carbonyl (C=O) groups is 3. The fourth-order valence-electron chi connectivity index (χ4n) is 3.30. The molecule has 9 heteroatoms. The Morgan fingerprint density at radius 2 is 2.04 bits per heavy atom. The quantitative estimate of drug-likeness (QED) is 0.806. The Balaban J connectivity index is 1.49. The maximum atomic E-state index is 12.6. The average molecular weight is 361 g/mol. The highest BCUT2D eigenvalue weighted by Crippen LogP contribution is 2.26. The molecule has 2 saturated heterocycles. The minimum Gasteiger partial charge on any atom is -0.408 e. The molecule has 2 fully saturated rings. The third-order valence-electron chi connectivity index (χ3n) is 4.53. The monoisotopic (exact) mass is 361 g/mol. The molecule has 3 amide bonds. The molecule has 0 bridgehead atoms. The van der Waals surface area contributed by atoms with E-state index in [4.69, 9.17) is 4.42 Å². The van der Waals surface area contributed by atoms with Crippen LogP contribution in [0.25, 0.3) is 11.1 Å². The van der Waals surface area contributed by atoms with Crippen LogP contribution in [-0.2, 0) is 16.1 Å². The van der Waals surface area contributed by atoms with Crippen molar-refractivity contribution in [1.82, 2.24) is 14.4 Å². The minimum atomic E-state index is -0.577. The molecule has 8 nitrogen and oxygen atoms in total. The molecule has 4 rings (SSSR count). The summed E-state index contributed by atoms with van der Waals surface area (Å²) >= 11 is 0.993. The smallest absolute Gasteiger partial charge is 0.408 e. The van der Waals surface area contributed by atoms with E-state index in [1.165, 1.54) is 9.47 Å². The van der Waals surface area contributed by atoms with Crippen molar-refractivity contribution in [3.8, 4) is 0 Å². The minimum absolute atomic E-state index is 0.126. The summed E-state index contributed by atoms with van der Waals surface area (Å²) in [6.45, 7) is 0.635. The SMILES string of the molecule is O=C(Cn1c(=O)oc2ccccc21)N1CCC(N2C(=O)CSC2=O)C1. The molecule has 2 aliphatic rings. The first kappa shape index (κ1) is 15.9. The van der Waals surface area contributed by atoms with Crippen molar-refractivity contribution in [2.75, 3.05) is 18.8 Å². The number of para-hydroxylation sites is 2. The summed E-state index contributed by atoms with van der Waals surface area (Å²) in [5.74, 6) is -0.847. The first-order chi connectivity index (χ1) is 12.0. The van der Waals surface area contributed by atoms with Crippen molar-refractivity contribution in [3.63, 3.8) is 0 Å². The van der Waals surface area contributed by atoms with Gasteiger partial charge in [0, 0.05) is 13.1 Å². The molecule has 0 aliphatic carbocycles. The van der Waals surface area contributed by atoms with Crippen molar-refractivity contribution >= 4 is 39.9 Å². The molecule has 1 unspecified atom stereocenters. The van der Waals surface area contributed by atoms with E-state index < -0.39 is 5.76 Å². The highest BCUT2D eigenvalue weighted by molar-refractivity contribution is 8.14. The Kier molecular flexibility index (Phi) is 3.87. The van der Waals surface area contributed by atoms with Crippen molar-refractivity contribution in [2.45, 2.75) is 19.0 Å². The molecule has 130 valence electrons. The van der Waals surface area contributed by atoms with Crippen LogP contribution in [0, 0.1) is 0 Å². The van der Waals surface area contributed by atoms with Gasteiger partial charge in [-0.2, -0.15) is 0 Å². The highest BCUT2D eigenvalue weighted by atomic mass is 32.2. The van der Waals surface area contributed by atoms with E-state index in [1.807, 2.05) is 0 Å². The number of amides is 3. The van der Waals surface area contributed by atoms with E-state index in [0.717, 1.165) is 11.8 Å². The molecule has 1 aromatic heterocycles. The number of aromatic nitrogens is 1. The van der Waals surface area contributed by atoms with Crippen molar-refractivity contribution < 1.29 is 18.8 Å². The van der Waals surface area contributed by atoms with E-state index in [-0.39, 0.29) is 35.4 Å². The van der Waals surface area contributed by atoms with E-state index in [1.54, 1.807) is 29.2 Å². The first-order valence-electron chi connectivity index (χ1n) is 7.89. The van der Waals surface area contributed by atoms with Gasteiger partial charge in [-0.3, -0.25) is 23.9 Å². The number of imide groups is 1. The van der Waals surface area contributed by atoms with Gasteiger partial charge in [0.1, 0.15) is 6.54 Å². The summed E-state index contributed by atoms with van der Waals surface area (Å²) in [6.07, 6.45) is 0.560. The van der Waals surface area contributed by atoms with Gasteiger partial charge >= 0.3 is 5.76 Å². The average Bonchev–Trinajstić information content (AvgIpc) is 3.27. The van der Waals surface area contributed by atoms with Gasteiger partial charge in [-0.1, -0.05) is 23.9 Å². The molecule has 2 aromatic rings. The summed E-state index contributed by atoms with van der Waals surface area (Å²) < 4.78 is 6.43. The van der Waals surface area contributed by atoms with Crippen LogP contribution in [0.4, 0.5) is 4.79 Å². The first-order valence-corrected chi connectivity index (χ1v) is 8.88. The number of hydrogen-bond acceptors (Lipinski definition) is 6. The zero-order valence-corrected chi connectivity index (χ0v) is 14.0. The van der Waals surface area contributed by atoms with Crippen LogP contribution in [0.1, 0.15) is 6.42 Å². The Morgan fingerprint density at radius 1 is 1.24 bits per heavy atom. The molecule has 1 atom stereocenters. The zero-order valence-electron chi connectivity index (χ0n) is 13.2. The molecule has 1 aromatic carbocycles. The Hall–Kier alpha value is -2.55. The predicted octanol–water partition coefficient (Wildman–Crippen LogP) is 0.891. The largest absolute Gasteiger partial charge is 0.420 e. The number of nitrogens with zero attached hydrogens (tertiary/aromatic N) is 3. The highest BCUT2D eigenvalue weighted by Gasteiger charge is 2.40. The van der Waals surface area contributed by atoms with Crippen LogP contribution in [0.2, 0.25) is 0 Å². The Bertz CT molecular complexity index is 917. The standard InChI is InChI=1S/C16H15N3O5S/c20-13(8-18-11-3-1-2-4-12(11)24-15(18)22)17-6-5-10(7-17)19-14(21)9-25-16(19)23/h1-4,10H,5-9H2. The molecule has 0 N–H and O–H groups in total. The lowest BCUT2D eigenvalue weighted by atomic mass is 10.2. The van der Waals surface area contributed by atoms with Gasteiger partial charge in [-0.05, 0) is 18.6 Å². The van der Waals surface area contributed by atoms with Crippen LogP contribution in [0.5, 0.6) is 0 Å². The Morgan fingerprint density at radius 3 is 2.80 bits per heavy atom. The number of benzene rings is 1. The fourth-order valence-corrected chi connectivity index (χ4v) is 4.07. The number of rotatable bonds is 3. The fraction of sp³-hybridized carbons (Fsp3) is 0.375. The van der Waals surface area contributed by atoms with Gasteiger partial charge in [0.25, 0.3) is 5.24 Å². The van der Waals surface area contributed by atoms with Crippen LogP contribution in [0.15, 0.2) is 33.5 Å². The molecule has 2 aliphatic heterocycles. The Labute approximate surface area is 146 Å². The molecule has 25 heavy (non-hydrogen) atoms. The lowest BCUT2D eigenvalue weighted by molar-refractivity contribution is -0.132. The molecule has 0 saturated carbocycles. The number of carbonyl (C=O) groups excluding carboxylic acids is 3. The van der Waals surface area contributed by atoms with Gasteiger partial charge in [-0.15, -0.1) is 0 Å². The van der Waals surface area contributed by atoms with Crippen LogP contribution >= 0.6 is 11.8 Å². The van der Waals surface area contributed by atoms with Crippen LogP contribution < -0.4 is 5.76 Å². The summed E-state index contributed by atoms with van der Waals surface area (Å²) in [7, 11) is 0. The lowest BCUT2D eigenvalue weighted by Crippen LogP contribution is -2.42. The van der Waals surface area contributed by atoms with Gasteiger partial charge < -0.3 is 9.32 Å². The van der Waals surface area contributed by atoms with Crippen molar-refractivity contribution in [2.24, 2.45) is 0 Å². The normalized spacial score (nSPS) is 20.9. The summed E-state index contributed by atoms with van der Waals surface area (Å²) in [5, 5.41) is -0.249. The second-order valence-corrected chi connectivity index (χ2v) is 6.95. The molecule has 3 heterocycles. The van der Waals surface area contributed by atoms with Crippen molar-refractivity contribution in [1.29, 1.82) is 0 Å². The number of hydrogen-bond donors (Lipinski definition) is 0. The van der Waals surface area contributed by atoms with E-state index >= 15 is 0 Å². The van der Waals surface area contributed by atoms with E-state index in [9.17, 15) is 19.2 Å². The number of thioether (sulfide) groups is 1. The summed E-state index contributed by atoms with van der Waals surface area (Å²) in [5.41, 5.74) is 1.00. The van der Waals surface area contributed by atoms with Gasteiger partial charge in [0.05, 0.1) is 17.3 Å². The number of fused-ring (bicyclic) bond motifs is 1. The van der Waals surface area contributed by atoms with Gasteiger partial charge in [0.15, 0.2) is 5.58 Å². The van der Waals surface area contributed by atoms with E-state index in [2.05, 4.69) is 0 Å². The zero-order chi connectivity index (χ0) is 17.6. The second kappa shape index (κ2) is 6.07. The molecular weight excluding hydrogens is 346 g/mol. The lowest BCUT2D eigenvalue weighted by Gasteiger charge is -2.21.